The second-order valence-corrected chi connectivity index (χ2v) is 1.54. The molecule has 0 heterocycles. The minimum atomic E-state index is 0.407. The van der Waals surface area contributed by atoms with Crippen molar-refractivity contribution in [1.29, 1.82) is 0 Å². The lowest BCUT2D eigenvalue weighted by atomic mass is 10.7. The average Bonchev–Trinajstić information content (AvgIpc) is 1.89. The van der Waals surface area contributed by atoms with Crippen LogP contribution in [0.1, 0.15) is 13.8 Å². The Morgan fingerprint density at radius 2 is 1.00 bits per heavy atom. The first-order chi connectivity index (χ1) is 4.54. The molecule has 0 spiro atoms. The van der Waals surface area contributed by atoms with E-state index in [0.29, 0.717) is 11.7 Å². The summed E-state index contributed by atoms with van der Waals surface area (Å²) in [5.74, 6) is 10.1. The second-order valence-electron chi connectivity index (χ2n) is 1.54. The van der Waals surface area contributed by atoms with E-state index in [9.17, 15) is 0 Å². The molecule has 8 N–H and O–H groups in total. The van der Waals surface area contributed by atoms with E-state index in [1.165, 1.54) is 0 Å². The topological polar surface area (TPSA) is 129 Å². The smallest absolute Gasteiger partial charge is 0.116 e. The van der Waals surface area contributed by atoms with Gasteiger partial charge >= 0.3 is 0 Å². The van der Waals surface area contributed by atoms with Crippen LogP contribution < -0.4 is 23.2 Å². The van der Waals surface area contributed by atoms with Gasteiger partial charge in [0, 0.05) is 0 Å². The van der Waals surface area contributed by atoms with Gasteiger partial charge in [0.2, 0.25) is 0 Å². The average molecular weight is 146 g/mol. The van der Waals surface area contributed by atoms with E-state index in [-0.39, 0.29) is 0 Å². The molecule has 0 aliphatic rings. The van der Waals surface area contributed by atoms with E-state index in [0.717, 1.165) is 0 Å². The van der Waals surface area contributed by atoms with Gasteiger partial charge in [-0.05, 0) is 13.8 Å². The summed E-state index contributed by atoms with van der Waals surface area (Å²) < 4.78 is 0. The lowest BCUT2D eigenvalue weighted by molar-refractivity contribution is 1.22. The molecule has 6 heteroatoms. The molecule has 0 amide bonds. The van der Waals surface area contributed by atoms with Crippen LogP contribution >= 0.6 is 0 Å². The monoisotopic (exact) mass is 146 g/mol. The zero-order chi connectivity index (χ0) is 8.57. The third kappa shape index (κ3) is 31.1. The Bertz CT molecular complexity index is 102. The van der Waals surface area contributed by atoms with Gasteiger partial charge in [-0.25, -0.2) is 0 Å². The van der Waals surface area contributed by atoms with Gasteiger partial charge in [0.05, 0.1) is 0 Å². The lowest BCUT2D eigenvalue weighted by Crippen LogP contribution is -2.07. The van der Waals surface area contributed by atoms with Gasteiger partial charge in [-0.3, -0.25) is 0 Å². The summed E-state index contributed by atoms with van der Waals surface area (Å²) in [6, 6.07) is 0. The molecule has 0 atom stereocenters. The second kappa shape index (κ2) is 7.54. The van der Waals surface area contributed by atoms with Crippen molar-refractivity contribution in [1.82, 2.24) is 0 Å². The maximum Gasteiger partial charge on any atom is 0.116 e. The van der Waals surface area contributed by atoms with Gasteiger partial charge < -0.3 is 23.2 Å². The van der Waals surface area contributed by atoms with Crippen molar-refractivity contribution < 1.29 is 0 Å². The quantitative estimate of drug-likeness (QED) is 0.143. The van der Waals surface area contributed by atoms with Crippen molar-refractivity contribution in [2.24, 2.45) is 33.4 Å². The van der Waals surface area contributed by atoms with E-state index in [4.69, 9.17) is 11.5 Å². The van der Waals surface area contributed by atoms with Crippen LogP contribution in [0.5, 0.6) is 0 Å². The number of amidine groups is 2. The Kier molecular flexibility index (Phi) is 8.56. The zero-order valence-electron chi connectivity index (χ0n) is 6.20. The molecule has 0 radical (unpaired) electrons. The molecule has 0 aromatic heterocycles. The highest BCUT2D eigenvalue weighted by Gasteiger charge is 1.63. The standard InChI is InChI=1S/2C2H7N3/c2*1-2(3)5-4/h2*4H2,1H3,(H2,3,5). The third-order valence-electron chi connectivity index (χ3n) is 0.407. The number of nitrogens with zero attached hydrogens (tertiary/aromatic N) is 2. The molecule has 60 valence electrons. The summed E-state index contributed by atoms with van der Waals surface area (Å²) in [5, 5.41) is 6.17. The number of nitrogens with two attached hydrogens (primary N) is 4. The molecule has 0 fully saturated rings. The van der Waals surface area contributed by atoms with Gasteiger partial charge in [0.15, 0.2) is 0 Å². The van der Waals surface area contributed by atoms with Crippen LogP contribution in [-0.4, -0.2) is 11.7 Å². The molecule has 6 nitrogen and oxygen atoms in total. The van der Waals surface area contributed by atoms with Gasteiger partial charge in [-0.15, -0.1) is 0 Å². The van der Waals surface area contributed by atoms with Gasteiger partial charge in [0.1, 0.15) is 11.7 Å². The van der Waals surface area contributed by atoms with Crippen LogP contribution in [0.3, 0.4) is 0 Å². The van der Waals surface area contributed by atoms with Crippen LogP contribution in [-0.2, 0) is 0 Å². The molecule has 0 unspecified atom stereocenters. The highest BCUT2D eigenvalue weighted by molar-refractivity contribution is 5.77. The molecule has 0 saturated heterocycles. The van der Waals surface area contributed by atoms with Crippen LogP contribution in [0, 0.1) is 0 Å². The molecule has 0 aromatic carbocycles. The van der Waals surface area contributed by atoms with Crippen molar-refractivity contribution in [2.45, 2.75) is 13.8 Å². The van der Waals surface area contributed by atoms with Gasteiger partial charge in [0.25, 0.3) is 0 Å². The predicted molar refractivity (Wildman–Crippen MR) is 43.0 cm³/mol. The minimum Gasteiger partial charge on any atom is -0.386 e. The van der Waals surface area contributed by atoms with E-state index in [2.05, 4.69) is 21.9 Å². The molecule has 0 aromatic rings. The highest BCUT2D eigenvalue weighted by Crippen LogP contribution is 1.47. The summed E-state index contributed by atoms with van der Waals surface area (Å²) in [6.45, 7) is 3.25. The van der Waals surface area contributed by atoms with Crippen LogP contribution in [0.2, 0.25) is 0 Å². The molecule has 0 aliphatic heterocycles. The Hall–Kier alpha value is -1.46. The molecular formula is C4H14N6. The van der Waals surface area contributed by atoms with Gasteiger partial charge in [-0.1, -0.05) is 0 Å². The van der Waals surface area contributed by atoms with Crippen molar-refractivity contribution >= 4 is 11.7 Å². The molecule has 0 saturated carbocycles. The molecular weight excluding hydrogens is 132 g/mol. The highest BCUT2D eigenvalue weighted by atomic mass is 15.1. The summed E-state index contributed by atoms with van der Waals surface area (Å²) in [5.41, 5.74) is 9.83. The molecule has 0 bridgehead atoms. The third-order valence-corrected chi connectivity index (χ3v) is 0.407. The normalized spacial score (nSPS) is 11.8. The van der Waals surface area contributed by atoms with E-state index >= 15 is 0 Å². The SMILES string of the molecule is CC(N)=NN.CC(N)=NN. The maximum atomic E-state index is 4.92. The zero-order valence-corrected chi connectivity index (χ0v) is 6.20. The van der Waals surface area contributed by atoms with Crippen LogP contribution in [0.4, 0.5) is 0 Å². The predicted octanol–water partition coefficient (Wildman–Crippen LogP) is -1.53. The fourth-order valence-electron chi connectivity index (χ4n) is 0. The first-order valence-electron chi connectivity index (χ1n) is 2.54. The summed E-state index contributed by atoms with van der Waals surface area (Å²) in [6.07, 6.45) is 0. The molecule has 0 aliphatic carbocycles. The van der Waals surface area contributed by atoms with E-state index in [1.807, 2.05) is 0 Å². The first-order valence-corrected chi connectivity index (χ1v) is 2.54. The van der Waals surface area contributed by atoms with Crippen LogP contribution in [0.15, 0.2) is 10.2 Å². The summed E-state index contributed by atoms with van der Waals surface area (Å²) in [7, 11) is 0. The number of hydrogen-bond acceptors (Lipinski definition) is 4. The number of hydrazone groups is 2. The number of hydrogen-bond donors (Lipinski definition) is 4. The molecule has 0 rings (SSSR count). The van der Waals surface area contributed by atoms with Gasteiger partial charge in [-0.2, -0.15) is 10.2 Å². The summed E-state index contributed by atoms with van der Waals surface area (Å²) >= 11 is 0. The lowest BCUT2D eigenvalue weighted by Gasteiger charge is -1.75. The Labute approximate surface area is 59.9 Å². The van der Waals surface area contributed by atoms with E-state index < -0.39 is 0 Å². The largest absolute Gasteiger partial charge is 0.386 e. The Balaban J connectivity index is 0. The van der Waals surface area contributed by atoms with Crippen LogP contribution in [0.25, 0.3) is 0 Å². The molecule has 10 heavy (non-hydrogen) atoms. The Morgan fingerprint density at radius 1 is 0.900 bits per heavy atom. The minimum absolute atomic E-state index is 0.407. The van der Waals surface area contributed by atoms with Crippen molar-refractivity contribution in [3.05, 3.63) is 0 Å². The Morgan fingerprint density at radius 3 is 1.00 bits per heavy atom. The fraction of sp³-hybridized carbons (Fsp3) is 0.500. The van der Waals surface area contributed by atoms with Crippen molar-refractivity contribution in [3.8, 4) is 0 Å². The van der Waals surface area contributed by atoms with Crippen molar-refractivity contribution in [3.63, 3.8) is 0 Å². The number of rotatable bonds is 0. The van der Waals surface area contributed by atoms with E-state index in [1.54, 1.807) is 13.8 Å². The summed E-state index contributed by atoms with van der Waals surface area (Å²) in [4.78, 5) is 0. The van der Waals surface area contributed by atoms with Crippen molar-refractivity contribution in [2.75, 3.05) is 0 Å². The fourth-order valence-corrected chi connectivity index (χ4v) is 0. The first kappa shape index (κ1) is 11.4. The maximum absolute atomic E-state index is 4.92.